The number of nitrogens with one attached hydrogen (secondary N) is 1. The van der Waals surface area contributed by atoms with E-state index in [2.05, 4.69) is 5.32 Å². The molecule has 1 unspecified atom stereocenters. The maximum absolute atomic E-state index is 9.56. The van der Waals surface area contributed by atoms with E-state index in [0.717, 1.165) is 25.8 Å². The van der Waals surface area contributed by atoms with E-state index in [9.17, 15) is 5.11 Å². The van der Waals surface area contributed by atoms with E-state index in [-0.39, 0.29) is 6.61 Å². The lowest BCUT2D eigenvalue weighted by Gasteiger charge is -2.15. The zero-order valence-corrected chi connectivity index (χ0v) is 9.32. The number of rotatable bonds is 8. The monoisotopic (exact) mass is 217 g/mol. The molecule has 1 fully saturated rings. The quantitative estimate of drug-likeness (QED) is 0.511. The number of aliphatic hydroxyl groups excluding tert-OH is 2. The van der Waals surface area contributed by atoms with Crippen LogP contribution in [0, 0.1) is 0 Å². The Hall–Kier alpha value is -0.160. The third-order valence-corrected chi connectivity index (χ3v) is 2.72. The highest BCUT2D eigenvalue weighted by molar-refractivity contribution is 4.68. The molecule has 0 aliphatic heterocycles. The van der Waals surface area contributed by atoms with Gasteiger partial charge in [0, 0.05) is 13.2 Å². The maximum Gasteiger partial charge on any atom is 0.0897 e. The van der Waals surface area contributed by atoms with E-state index in [4.69, 9.17) is 9.84 Å². The van der Waals surface area contributed by atoms with Crippen LogP contribution in [0.15, 0.2) is 0 Å². The highest BCUT2D eigenvalue weighted by atomic mass is 16.5. The van der Waals surface area contributed by atoms with Gasteiger partial charge in [-0.1, -0.05) is 12.8 Å². The van der Waals surface area contributed by atoms with Crippen molar-refractivity contribution in [3.63, 3.8) is 0 Å². The Bertz CT molecular complexity index is 149. The first-order chi connectivity index (χ1) is 7.33. The SMILES string of the molecule is OCCCNCC(O)COC1CCCC1. The number of hydrogen-bond acceptors (Lipinski definition) is 4. The maximum atomic E-state index is 9.56. The summed E-state index contributed by atoms with van der Waals surface area (Å²) in [6.07, 6.45) is 5.48. The van der Waals surface area contributed by atoms with E-state index in [0.29, 0.717) is 19.3 Å². The van der Waals surface area contributed by atoms with Gasteiger partial charge in [0.1, 0.15) is 0 Å². The fourth-order valence-electron chi connectivity index (χ4n) is 1.83. The molecular weight excluding hydrogens is 194 g/mol. The molecule has 1 rings (SSSR count). The lowest BCUT2D eigenvalue weighted by Crippen LogP contribution is -2.32. The zero-order valence-electron chi connectivity index (χ0n) is 9.32. The molecule has 1 atom stereocenters. The summed E-state index contributed by atoms with van der Waals surface area (Å²) in [5.41, 5.74) is 0. The van der Waals surface area contributed by atoms with Crippen LogP contribution in [-0.4, -0.2) is 48.7 Å². The Morgan fingerprint density at radius 2 is 2.07 bits per heavy atom. The molecule has 90 valence electrons. The molecule has 1 aliphatic carbocycles. The number of ether oxygens (including phenoxy) is 1. The van der Waals surface area contributed by atoms with Crippen LogP contribution in [-0.2, 0) is 4.74 Å². The topological polar surface area (TPSA) is 61.7 Å². The van der Waals surface area contributed by atoms with E-state index in [1.165, 1.54) is 12.8 Å². The first-order valence-corrected chi connectivity index (χ1v) is 5.94. The molecule has 0 heterocycles. The van der Waals surface area contributed by atoms with Crippen LogP contribution in [0.4, 0.5) is 0 Å². The van der Waals surface area contributed by atoms with Gasteiger partial charge in [0.05, 0.1) is 18.8 Å². The van der Waals surface area contributed by atoms with Gasteiger partial charge < -0.3 is 20.3 Å². The standard InChI is InChI=1S/C11H23NO3/c13-7-3-6-12-8-10(14)9-15-11-4-1-2-5-11/h10-14H,1-9H2. The van der Waals surface area contributed by atoms with Gasteiger partial charge in [-0.05, 0) is 25.8 Å². The predicted molar refractivity (Wildman–Crippen MR) is 58.8 cm³/mol. The lowest BCUT2D eigenvalue weighted by atomic mass is 10.3. The fourth-order valence-corrected chi connectivity index (χ4v) is 1.83. The summed E-state index contributed by atoms with van der Waals surface area (Å²) >= 11 is 0. The molecule has 0 spiro atoms. The minimum atomic E-state index is -0.427. The average molecular weight is 217 g/mol. The van der Waals surface area contributed by atoms with Crippen LogP contribution in [0.3, 0.4) is 0 Å². The number of hydrogen-bond donors (Lipinski definition) is 3. The van der Waals surface area contributed by atoms with Crippen LogP contribution in [0.1, 0.15) is 32.1 Å². The van der Waals surface area contributed by atoms with Crippen molar-refractivity contribution in [3.8, 4) is 0 Å². The molecule has 0 amide bonds. The van der Waals surface area contributed by atoms with Crippen molar-refractivity contribution in [1.82, 2.24) is 5.32 Å². The molecule has 4 nitrogen and oxygen atoms in total. The van der Waals surface area contributed by atoms with Crippen molar-refractivity contribution in [2.24, 2.45) is 0 Å². The summed E-state index contributed by atoms with van der Waals surface area (Å²) in [5, 5.41) is 21.2. The molecule has 0 saturated heterocycles. The molecular formula is C11H23NO3. The molecule has 1 saturated carbocycles. The number of aliphatic hydroxyl groups is 2. The van der Waals surface area contributed by atoms with Crippen molar-refractivity contribution in [2.45, 2.75) is 44.3 Å². The largest absolute Gasteiger partial charge is 0.396 e. The second-order valence-corrected chi connectivity index (χ2v) is 4.17. The third kappa shape index (κ3) is 6.10. The first kappa shape index (κ1) is 12.9. The van der Waals surface area contributed by atoms with Crippen LogP contribution < -0.4 is 5.32 Å². The summed E-state index contributed by atoms with van der Waals surface area (Å²) in [6, 6.07) is 0. The summed E-state index contributed by atoms with van der Waals surface area (Å²) in [7, 11) is 0. The van der Waals surface area contributed by atoms with Crippen LogP contribution >= 0.6 is 0 Å². The molecule has 15 heavy (non-hydrogen) atoms. The van der Waals surface area contributed by atoms with Gasteiger partial charge in [0.2, 0.25) is 0 Å². The molecule has 0 aromatic carbocycles. The average Bonchev–Trinajstić information content (AvgIpc) is 2.74. The van der Waals surface area contributed by atoms with Crippen LogP contribution in [0.2, 0.25) is 0 Å². The minimum absolute atomic E-state index is 0.196. The molecule has 0 radical (unpaired) electrons. The van der Waals surface area contributed by atoms with Gasteiger partial charge >= 0.3 is 0 Å². The molecule has 3 N–H and O–H groups in total. The van der Waals surface area contributed by atoms with Gasteiger partial charge in [-0.15, -0.1) is 0 Å². The molecule has 1 aliphatic rings. The summed E-state index contributed by atoms with van der Waals surface area (Å²) < 4.78 is 5.58. The Morgan fingerprint density at radius 3 is 2.73 bits per heavy atom. The van der Waals surface area contributed by atoms with Crippen molar-refractivity contribution in [1.29, 1.82) is 0 Å². The molecule has 0 aromatic rings. The van der Waals surface area contributed by atoms with Crippen molar-refractivity contribution in [3.05, 3.63) is 0 Å². The van der Waals surface area contributed by atoms with Gasteiger partial charge in [0.25, 0.3) is 0 Å². The second-order valence-electron chi connectivity index (χ2n) is 4.17. The van der Waals surface area contributed by atoms with E-state index in [1.54, 1.807) is 0 Å². The fraction of sp³-hybridized carbons (Fsp3) is 1.00. The van der Waals surface area contributed by atoms with Crippen molar-refractivity contribution in [2.75, 3.05) is 26.3 Å². The lowest BCUT2D eigenvalue weighted by molar-refractivity contribution is -0.00541. The predicted octanol–water partition coefficient (Wildman–Crippen LogP) is 0.278. The Kier molecular flexibility index (Phi) is 6.92. The highest BCUT2D eigenvalue weighted by Crippen LogP contribution is 2.20. The normalized spacial score (nSPS) is 19.6. The van der Waals surface area contributed by atoms with E-state index >= 15 is 0 Å². The first-order valence-electron chi connectivity index (χ1n) is 5.94. The molecule has 0 bridgehead atoms. The minimum Gasteiger partial charge on any atom is -0.396 e. The van der Waals surface area contributed by atoms with Gasteiger partial charge in [-0.25, -0.2) is 0 Å². The highest BCUT2D eigenvalue weighted by Gasteiger charge is 2.16. The summed E-state index contributed by atoms with van der Waals surface area (Å²) in [5.74, 6) is 0. The van der Waals surface area contributed by atoms with Crippen molar-refractivity contribution >= 4 is 0 Å². The smallest absolute Gasteiger partial charge is 0.0897 e. The molecule has 0 aromatic heterocycles. The molecule has 4 heteroatoms. The zero-order chi connectivity index (χ0) is 10.9. The van der Waals surface area contributed by atoms with Crippen LogP contribution in [0.25, 0.3) is 0 Å². The summed E-state index contributed by atoms with van der Waals surface area (Å²) in [6.45, 7) is 1.92. The second kappa shape index (κ2) is 8.05. The Labute approximate surface area is 91.6 Å². The Morgan fingerprint density at radius 1 is 1.33 bits per heavy atom. The van der Waals surface area contributed by atoms with Gasteiger partial charge in [0.15, 0.2) is 0 Å². The third-order valence-electron chi connectivity index (χ3n) is 2.72. The summed E-state index contributed by atoms with van der Waals surface area (Å²) in [4.78, 5) is 0. The van der Waals surface area contributed by atoms with Gasteiger partial charge in [-0.2, -0.15) is 0 Å². The van der Waals surface area contributed by atoms with Gasteiger partial charge in [-0.3, -0.25) is 0 Å². The van der Waals surface area contributed by atoms with Crippen molar-refractivity contribution < 1.29 is 14.9 Å². The van der Waals surface area contributed by atoms with E-state index in [1.807, 2.05) is 0 Å². The van der Waals surface area contributed by atoms with Crippen LogP contribution in [0.5, 0.6) is 0 Å². The Balaban J connectivity index is 1.90. The van der Waals surface area contributed by atoms with E-state index < -0.39 is 6.10 Å².